The summed E-state index contributed by atoms with van der Waals surface area (Å²) in [5.41, 5.74) is 6.43. The van der Waals surface area contributed by atoms with Gasteiger partial charge < -0.3 is 0 Å². The van der Waals surface area contributed by atoms with Gasteiger partial charge in [0.1, 0.15) is 0 Å². The maximum absolute atomic E-state index is 11.8. The number of nitrogens with one attached hydrogen (secondary N) is 2. The molecule has 4 nitrogen and oxygen atoms in total. The number of benzene rings is 1. The number of aryl methyl sites for hydroxylation is 1. The van der Waals surface area contributed by atoms with Crippen LogP contribution in [-0.4, -0.2) is 11.8 Å². The summed E-state index contributed by atoms with van der Waals surface area (Å²) in [4.78, 5) is 23.4. The lowest BCUT2D eigenvalue weighted by atomic mass is 10.2. The van der Waals surface area contributed by atoms with Gasteiger partial charge in [-0.25, -0.2) is 0 Å². The van der Waals surface area contributed by atoms with E-state index in [1.165, 1.54) is 0 Å². The number of carbonyl (C=O) groups is 2. The summed E-state index contributed by atoms with van der Waals surface area (Å²) in [6.45, 7) is 0. The third-order valence-electron chi connectivity index (χ3n) is 2.64. The Kier molecular flexibility index (Phi) is 5.31. The molecular weight excluding hydrogens is 340 g/mol. The number of hydrogen-bond donors (Lipinski definition) is 2. The first-order chi connectivity index (χ1) is 9.65. The van der Waals surface area contributed by atoms with Gasteiger partial charge in [0, 0.05) is 16.5 Å². The van der Waals surface area contributed by atoms with E-state index >= 15 is 0 Å². The predicted octanol–water partition coefficient (Wildman–Crippen LogP) is 2.90. The molecule has 0 atom stereocenters. The van der Waals surface area contributed by atoms with E-state index in [0.717, 1.165) is 10.0 Å². The van der Waals surface area contributed by atoms with E-state index < -0.39 is 0 Å². The van der Waals surface area contributed by atoms with Gasteiger partial charge in [0.2, 0.25) is 5.91 Å². The van der Waals surface area contributed by atoms with Gasteiger partial charge >= 0.3 is 0 Å². The Bertz CT molecular complexity index is 582. The van der Waals surface area contributed by atoms with Crippen molar-refractivity contribution in [3.05, 3.63) is 56.7 Å². The average molecular weight is 353 g/mol. The van der Waals surface area contributed by atoms with Crippen LogP contribution in [0.3, 0.4) is 0 Å². The molecular formula is C14H13BrN2O2S. The Balaban J connectivity index is 1.75. The Morgan fingerprint density at radius 3 is 2.50 bits per heavy atom. The molecule has 0 fully saturated rings. The predicted molar refractivity (Wildman–Crippen MR) is 82.4 cm³/mol. The highest BCUT2D eigenvalue weighted by atomic mass is 79.9. The molecule has 0 saturated carbocycles. The van der Waals surface area contributed by atoms with E-state index in [2.05, 4.69) is 26.8 Å². The standard InChI is InChI=1S/C14H13BrN2O2S/c15-12-4-2-11(3-5-12)14(19)17-16-13(18)6-1-10-7-8-20-9-10/h2-5,7-9H,1,6H2,(H,16,18)(H,17,19). The topological polar surface area (TPSA) is 58.2 Å². The third-order valence-corrected chi connectivity index (χ3v) is 3.90. The molecule has 0 aliphatic rings. The van der Waals surface area contributed by atoms with Crippen LogP contribution in [0.25, 0.3) is 0 Å². The van der Waals surface area contributed by atoms with Crippen LogP contribution >= 0.6 is 27.3 Å². The molecule has 0 radical (unpaired) electrons. The minimum atomic E-state index is -0.332. The molecule has 0 unspecified atom stereocenters. The van der Waals surface area contributed by atoms with Crippen molar-refractivity contribution in [2.75, 3.05) is 0 Å². The van der Waals surface area contributed by atoms with Gasteiger partial charge in [0.25, 0.3) is 5.91 Å². The van der Waals surface area contributed by atoms with Crippen molar-refractivity contribution in [2.45, 2.75) is 12.8 Å². The Morgan fingerprint density at radius 2 is 1.85 bits per heavy atom. The highest BCUT2D eigenvalue weighted by Crippen LogP contribution is 2.10. The van der Waals surface area contributed by atoms with Crippen molar-refractivity contribution in [3.63, 3.8) is 0 Å². The highest BCUT2D eigenvalue weighted by molar-refractivity contribution is 9.10. The number of hydrogen-bond acceptors (Lipinski definition) is 3. The Hall–Kier alpha value is -1.66. The molecule has 2 rings (SSSR count). The summed E-state index contributed by atoms with van der Waals surface area (Å²) in [5.74, 6) is -0.539. The van der Waals surface area contributed by atoms with E-state index in [1.54, 1.807) is 35.6 Å². The third kappa shape index (κ3) is 4.47. The number of halogens is 1. The van der Waals surface area contributed by atoms with Crippen LogP contribution < -0.4 is 10.9 Å². The maximum Gasteiger partial charge on any atom is 0.269 e. The molecule has 2 aromatic rings. The number of amides is 2. The molecule has 0 saturated heterocycles. The SMILES string of the molecule is O=C(CCc1ccsc1)NNC(=O)c1ccc(Br)cc1. The lowest BCUT2D eigenvalue weighted by molar-refractivity contribution is -0.121. The molecule has 1 aromatic heterocycles. The maximum atomic E-state index is 11.8. The van der Waals surface area contributed by atoms with Gasteiger partial charge in [-0.05, 0) is 53.1 Å². The van der Waals surface area contributed by atoms with Crippen LogP contribution in [0.2, 0.25) is 0 Å². The minimum Gasteiger partial charge on any atom is -0.273 e. The first-order valence-corrected chi connectivity index (χ1v) is 7.74. The normalized spacial score (nSPS) is 10.1. The summed E-state index contributed by atoms with van der Waals surface area (Å²) >= 11 is 4.90. The lowest BCUT2D eigenvalue weighted by Crippen LogP contribution is -2.41. The van der Waals surface area contributed by atoms with Crippen LogP contribution in [0.5, 0.6) is 0 Å². The summed E-state index contributed by atoms with van der Waals surface area (Å²) in [5, 5.41) is 3.98. The summed E-state index contributed by atoms with van der Waals surface area (Å²) in [7, 11) is 0. The zero-order chi connectivity index (χ0) is 14.4. The number of rotatable bonds is 4. The molecule has 1 heterocycles. The first kappa shape index (κ1) is 14.7. The van der Waals surface area contributed by atoms with Crippen molar-refractivity contribution in [1.29, 1.82) is 0 Å². The fraction of sp³-hybridized carbons (Fsp3) is 0.143. The average Bonchev–Trinajstić information content (AvgIpc) is 2.96. The number of hydrazine groups is 1. The molecule has 104 valence electrons. The second kappa shape index (κ2) is 7.21. The zero-order valence-electron chi connectivity index (χ0n) is 10.6. The smallest absolute Gasteiger partial charge is 0.269 e. The van der Waals surface area contributed by atoms with Crippen LogP contribution in [0.15, 0.2) is 45.6 Å². The Labute approximate surface area is 129 Å². The van der Waals surface area contributed by atoms with E-state index in [-0.39, 0.29) is 11.8 Å². The molecule has 0 aliphatic heterocycles. The van der Waals surface area contributed by atoms with Gasteiger partial charge in [-0.2, -0.15) is 11.3 Å². The molecule has 0 aliphatic carbocycles. The molecule has 1 aromatic carbocycles. The van der Waals surface area contributed by atoms with Gasteiger partial charge in [0.15, 0.2) is 0 Å². The van der Waals surface area contributed by atoms with Crippen LogP contribution in [0.1, 0.15) is 22.3 Å². The second-order valence-electron chi connectivity index (χ2n) is 4.14. The van der Waals surface area contributed by atoms with E-state index in [9.17, 15) is 9.59 Å². The van der Waals surface area contributed by atoms with Gasteiger partial charge in [-0.3, -0.25) is 20.4 Å². The minimum absolute atomic E-state index is 0.207. The summed E-state index contributed by atoms with van der Waals surface area (Å²) < 4.78 is 0.897. The fourth-order valence-electron chi connectivity index (χ4n) is 1.56. The lowest BCUT2D eigenvalue weighted by Gasteiger charge is -2.07. The van der Waals surface area contributed by atoms with Crippen LogP contribution in [-0.2, 0) is 11.2 Å². The van der Waals surface area contributed by atoms with E-state index in [0.29, 0.717) is 18.4 Å². The quantitative estimate of drug-likeness (QED) is 0.831. The van der Waals surface area contributed by atoms with Crippen molar-refractivity contribution in [2.24, 2.45) is 0 Å². The Morgan fingerprint density at radius 1 is 1.10 bits per heavy atom. The van der Waals surface area contributed by atoms with Crippen LogP contribution in [0.4, 0.5) is 0 Å². The number of carbonyl (C=O) groups excluding carboxylic acids is 2. The zero-order valence-corrected chi connectivity index (χ0v) is 13.0. The van der Waals surface area contributed by atoms with Crippen molar-refractivity contribution < 1.29 is 9.59 Å². The largest absolute Gasteiger partial charge is 0.273 e. The van der Waals surface area contributed by atoms with E-state index in [4.69, 9.17) is 0 Å². The van der Waals surface area contributed by atoms with Gasteiger partial charge in [-0.15, -0.1) is 0 Å². The fourth-order valence-corrected chi connectivity index (χ4v) is 2.52. The van der Waals surface area contributed by atoms with E-state index in [1.807, 2.05) is 16.8 Å². The monoisotopic (exact) mass is 352 g/mol. The van der Waals surface area contributed by atoms with Gasteiger partial charge in [0.05, 0.1) is 0 Å². The molecule has 6 heteroatoms. The summed E-state index contributed by atoms with van der Waals surface area (Å²) in [6, 6.07) is 8.88. The molecule has 2 N–H and O–H groups in total. The molecule has 0 spiro atoms. The molecule has 0 bridgehead atoms. The van der Waals surface area contributed by atoms with Crippen molar-refractivity contribution in [3.8, 4) is 0 Å². The van der Waals surface area contributed by atoms with Crippen molar-refractivity contribution >= 4 is 39.1 Å². The summed E-state index contributed by atoms with van der Waals surface area (Å²) in [6.07, 6.45) is 1.01. The van der Waals surface area contributed by atoms with Crippen molar-refractivity contribution in [1.82, 2.24) is 10.9 Å². The molecule has 2 amide bonds. The first-order valence-electron chi connectivity index (χ1n) is 6.01. The van der Waals surface area contributed by atoms with Crippen LogP contribution in [0, 0.1) is 0 Å². The number of thiophene rings is 1. The molecule has 20 heavy (non-hydrogen) atoms. The second-order valence-corrected chi connectivity index (χ2v) is 5.84. The van der Waals surface area contributed by atoms with Gasteiger partial charge in [-0.1, -0.05) is 15.9 Å². The highest BCUT2D eigenvalue weighted by Gasteiger charge is 2.07.